The van der Waals surface area contributed by atoms with Crippen LogP contribution in [0, 0.1) is 6.92 Å². The fraction of sp³-hybridized carbons (Fsp3) is 0.0667. The Morgan fingerprint density at radius 2 is 2.05 bits per heavy atom. The smallest absolute Gasteiger partial charge is 0.188 e. The van der Waals surface area contributed by atoms with Gasteiger partial charge >= 0.3 is 0 Å². The molecule has 3 nitrogen and oxygen atoms in total. The Morgan fingerprint density at radius 1 is 1.11 bits per heavy atom. The molecule has 0 radical (unpaired) electrons. The van der Waals surface area contributed by atoms with Crippen molar-refractivity contribution >= 4 is 22.3 Å². The van der Waals surface area contributed by atoms with Crippen LogP contribution in [0.3, 0.4) is 0 Å². The number of aryl methyl sites for hydroxylation is 1. The third-order valence-electron chi connectivity index (χ3n) is 2.72. The van der Waals surface area contributed by atoms with Gasteiger partial charge in [0.25, 0.3) is 0 Å². The van der Waals surface area contributed by atoms with Gasteiger partial charge in [0.1, 0.15) is 5.82 Å². The van der Waals surface area contributed by atoms with E-state index < -0.39 is 0 Å². The van der Waals surface area contributed by atoms with Crippen LogP contribution in [0.4, 0.5) is 10.9 Å². The van der Waals surface area contributed by atoms with Crippen molar-refractivity contribution in [3.05, 3.63) is 59.6 Å². The summed E-state index contributed by atoms with van der Waals surface area (Å²) < 4.78 is 0. The molecule has 94 valence electrons. The van der Waals surface area contributed by atoms with Gasteiger partial charge in [-0.1, -0.05) is 29.8 Å². The summed E-state index contributed by atoms with van der Waals surface area (Å²) in [5.41, 5.74) is 3.38. The molecular formula is C15H13N3S. The monoisotopic (exact) mass is 267 g/mol. The second-order valence-electron chi connectivity index (χ2n) is 4.25. The van der Waals surface area contributed by atoms with E-state index in [0.29, 0.717) is 0 Å². The first kappa shape index (κ1) is 11.9. The molecular weight excluding hydrogens is 254 g/mol. The highest BCUT2D eigenvalue weighted by Gasteiger charge is 2.05. The van der Waals surface area contributed by atoms with E-state index in [1.54, 1.807) is 17.5 Å². The molecule has 4 heteroatoms. The molecule has 0 aliphatic heterocycles. The van der Waals surface area contributed by atoms with Gasteiger partial charge in [0.15, 0.2) is 5.13 Å². The summed E-state index contributed by atoms with van der Waals surface area (Å²) in [7, 11) is 0. The van der Waals surface area contributed by atoms with Crippen molar-refractivity contribution in [2.45, 2.75) is 6.92 Å². The van der Waals surface area contributed by atoms with E-state index in [1.165, 1.54) is 5.56 Å². The molecule has 0 aliphatic rings. The van der Waals surface area contributed by atoms with E-state index in [0.717, 1.165) is 22.2 Å². The van der Waals surface area contributed by atoms with Crippen LogP contribution in [0.5, 0.6) is 0 Å². The van der Waals surface area contributed by atoms with Gasteiger partial charge in [-0.15, -0.1) is 11.3 Å². The Balaban J connectivity index is 1.84. The molecule has 1 N–H and O–H groups in total. The van der Waals surface area contributed by atoms with Crippen molar-refractivity contribution in [3.63, 3.8) is 0 Å². The largest absolute Gasteiger partial charge is 0.316 e. The van der Waals surface area contributed by atoms with Crippen LogP contribution < -0.4 is 5.32 Å². The predicted octanol–water partition coefficient (Wildman–Crippen LogP) is 4.26. The maximum atomic E-state index is 4.58. The Hall–Kier alpha value is -2.20. The minimum Gasteiger partial charge on any atom is -0.316 e. The van der Waals surface area contributed by atoms with Gasteiger partial charge < -0.3 is 5.32 Å². The number of thiazole rings is 1. The average molecular weight is 267 g/mol. The molecule has 0 saturated heterocycles. The number of hydrogen-bond donors (Lipinski definition) is 1. The fourth-order valence-corrected chi connectivity index (χ4v) is 2.54. The number of rotatable bonds is 3. The third kappa shape index (κ3) is 2.80. The molecule has 1 aromatic carbocycles. The van der Waals surface area contributed by atoms with Crippen molar-refractivity contribution in [3.8, 4) is 11.3 Å². The summed E-state index contributed by atoms with van der Waals surface area (Å²) in [6.45, 7) is 2.09. The Labute approximate surface area is 116 Å². The van der Waals surface area contributed by atoms with E-state index in [2.05, 4.69) is 51.9 Å². The van der Waals surface area contributed by atoms with E-state index in [9.17, 15) is 0 Å². The average Bonchev–Trinajstić information content (AvgIpc) is 2.88. The van der Waals surface area contributed by atoms with Crippen molar-refractivity contribution in [2.24, 2.45) is 0 Å². The summed E-state index contributed by atoms with van der Waals surface area (Å²) in [5.74, 6) is 0.813. The van der Waals surface area contributed by atoms with Gasteiger partial charge in [0.2, 0.25) is 0 Å². The lowest BCUT2D eigenvalue weighted by Crippen LogP contribution is -1.91. The Morgan fingerprint density at radius 3 is 2.84 bits per heavy atom. The molecule has 0 bridgehead atoms. The van der Waals surface area contributed by atoms with E-state index in [1.807, 2.05) is 18.2 Å². The number of nitrogens with zero attached hydrogens (tertiary/aromatic N) is 2. The van der Waals surface area contributed by atoms with Crippen molar-refractivity contribution in [1.29, 1.82) is 0 Å². The zero-order chi connectivity index (χ0) is 13.1. The highest BCUT2D eigenvalue weighted by Crippen LogP contribution is 2.26. The van der Waals surface area contributed by atoms with Crippen molar-refractivity contribution < 1.29 is 0 Å². The lowest BCUT2D eigenvalue weighted by atomic mass is 10.1. The number of nitrogens with one attached hydrogen (secondary N) is 1. The minimum absolute atomic E-state index is 0.813. The summed E-state index contributed by atoms with van der Waals surface area (Å²) in [6, 6.07) is 14.1. The maximum absolute atomic E-state index is 4.58. The summed E-state index contributed by atoms with van der Waals surface area (Å²) in [6.07, 6.45) is 1.76. The van der Waals surface area contributed by atoms with Gasteiger partial charge in [-0.3, -0.25) is 0 Å². The first-order valence-electron chi connectivity index (χ1n) is 6.02. The molecule has 0 fully saturated rings. The second kappa shape index (κ2) is 5.20. The maximum Gasteiger partial charge on any atom is 0.188 e. The molecule has 0 saturated carbocycles. The Bertz CT molecular complexity index is 677. The lowest BCUT2D eigenvalue weighted by Gasteiger charge is -2.00. The number of aromatic nitrogens is 2. The van der Waals surface area contributed by atoms with Crippen LogP contribution in [0.25, 0.3) is 11.3 Å². The zero-order valence-corrected chi connectivity index (χ0v) is 11.3. The third-order valence-corrected chi connectivity index (χ3v) is 3.48. The summed E-state index contributed by atoms with van der Waals surface area (Å²) in [4.78, 5) is 8.81. The van der Waals surface area contributed by atoms with Gasteiger partial charge in [-0.25, -0.2) is 9.97 Å². The minimum atomic E-state index is 0.813. The highest BCUT2D eigenvalue weighted by atomic mass is 32.1. The number of hydrogen-bond acceptors (Lipinski definition) is 4. The van der Waals surface area contributed by atoms with Crippen LogP contribution in [0.1, 0.15) is 5.56 Å². The Kier molecular flexibility index (Phi) is 3.25. The molecule has 0 unspecified atom stereocenters. The van der Waals surface area contributed by atoms with Gasteiger partial charge in [-0.2, -0.15) is 0 Å². The molecule has 2 aromatic heterocycles. The number of benzene rings is 1. The molecule has 0 aliphatic carbocycles. The van der Waals surface area contributed by atoms with Gasteiger partial charge in [0, 0.05) is 17.1 Å². The first-order valence-corrected chi connectivity index (χ1v) is 6.90. The fourth-order valence-electron chi connectivity index (χ4n) is 1.81. The number of pyridine rings is 1. The van der Waals surface area contributed by atoms with Crippen LogP contribution >= 0.6 is 11.3 Å². The first-order chi connectivity index (χ1) is 9.31. The molecule has 19 heavy (non-hydrogen) atoms. The van der Waals surface area contributed by atoms with E-state index >= 15 is 0 Å². The lowest BCUT2D eigenvalue weighted by molar-refractivity contribution is 1.29. The van der Waals surface area contributed by atoms with Crippen molar-refractivity contribution in [2.75, 3.05) is 5.32 Å². The second-order valence-corrected chi connectivity index (χ2v) is 5.11. The van der Waals surface area contributed by atoms with E-state index in [4.69, 9.17) is 0 Å². The molecule has 0 amide bonds. The standard InChI is InChI=1S/C15H13N3S/c1-11-5-4-6-12(9-11)13-10-19-15(17-13)18-14-7-2-3-8-16-14/h2-10H,1H3,(H,16,17,18). The van der Waals surface area contributed by atoms with Crippen LogP contribution in [-0.4, -0.2) is 9.97 Å². The predicted molar refractivity (Wildman–Crippen MR) is 79.8 cm³/mol. The van der Waals surface area contributed by atoms with Gasteiger partial charge in [0.05, 0.1) is 5.69 Å². The molecule has 2 heterocycles. The van der Waals surface area contributed by atoms with Crippen LogP contribution in [-0.2, 0) is 0 Å². The topological polar surface area (TPSA) is 37.8 Å². The van der Waals surface area contributed by atoms with Crippen LogP contribution in [0.15, 0.2) is 54.0 Å². The summed E-state index contributed by atoms with van der Waals surface area (Å²) in [5, 5.41) is 6.12. The molecule has 0 atom stereocenters. The van der Waals surface area contributed by atoms with Gasteiger partial charge in [-0.05, 0) is 25.1 Å². The van der Waals surface area contributed by atoms with Crippen LogP contribution in [0.2, 0.25) is 0 Å². The van der Waals surface area contributed by atoms with Crippen molar-refractivity contribution in [1.82, 2.24) is 9.97 Å². The quantitative estimate of drug-likeness (QED) is 0.770. The zero-order valence-electron chi connectivity index (χ0n) is 10.5. The number of anilines is 2. The molecule has 0 spiro atoms. The SMILES string of the molecule is Cc1cccc(-c2csc(Nc3ccccn3)n2)c1. The summed E-state index contributed by atoms with van der Waals surface area (Å²) >= 11 is 1.58. The molecule has 3 rings (SSSR count). The normalized spacial score (nSPS) is 10.4. The van der Waals surface area contributed by atoms with E-state index in [-0.39, 0.29) is 0 Å². The molecule has 3 aromatic rings. The highest BCUT2D eigenvalue weighted by molar-refractivity contribution is 7.14.